The molecule has 0 radical (unpaired) electrons. The molecule has 0 aliphatic heterocycles. The summed E-state index contributed by atoms with van der Waals surface area (Å²) >= 11 is 3.35. The number of halogens is 1. The Kier molecular flexibility index (Phi) is 2.79. The maximum absolute atomic E-state index is 5.07. The summed E-state index contributed by atoms with van der Waals surface area (Å²) in [6, 6.07) is 10.1. The van der Waals surface area contributed by atoms with Crippen LogP contribution in [0, 0.1) is 0 Å². The van der Waals surface area contributed by atoms with Crippen molar-refractivity contribution in [3.63, 3.8) is 0 Å². The molecule has 0 saturated carbocycles. The van der Waals surface area contributed by atoms with Crippen molar-refractivity contribution in [3.8, 4) is 0 Å². The molecule has 0 aliphatic carbocycles. The van der Waals surface area contributed by atoms with Crippen molar-refractivity contribution in [3.05, 3.63) is 40.5 Å². The lowest BCUT2D eigenvalue weighted by Crippen LogP contribution is -1.88. The summed E-state index contributed by atoms with van der Waals surface area (Å²) in [6.45, 7) is 0.645. The first-order valence-electron chi connectivity index (χ1n) is 4.34. The van der Waals surface area contributed by atoms with E-state index < -0.39 is 0 Å². The molecule has 1 heterocycles. The molecule has 72 valence electrons. The third-order valence-electron chi connectivity index (χ3n) is 2.03. The first-order valence-corrected chi connectivity index (χ1v) is 5.13. The van der Waals surface area contributed by atoms with Crippen molar-refractivity contribution in [1.29, 1.82) is 0 Å². The lowest BCUT2D eigenvalue weighted by atomic mass is 10.1. The van der Waals surface area contributed by atoms with Crippen LogP contribution in [0.15, 0.2) is 34.9 Å². The van der Waals surface area contributed by atoms with E-state index in [0.29, 0.717) is 6.61 Å². The van der Waals surface area contributed by atoms with Gasteiger partial charge < -0.3 is 4.74 Å². The number of aromatic nitrogens is 1. The first kappa shape index (κ1) is 9.62. The highest BCUT2D eigenvalue weighted by Crippen LogP contribution is 2.17. The highest BCUT2D eigenvalue weighted by molar-refractivity contribution is 9.10. The highest BCUT2D eigenvalue weighted by atomic mass is 79.9. The zero-order chi connectivity index (χ0) is 9.97. The van der Waals surface area contributed by atoms with E-state index >= 15 is 0 Å². The number of hydrogen-bond acceptors (Lipinski definition) is 2. The van der Waals surface area contributed by atoms with Crippen LogP contribution in [0.25, 0.3) is 10.9 Å². The van der Waals surface area contributed by atoms with E-state index in [2.05, 4.69) is 27.0 Å². The third-order valence-corrected chi connectivity index (χ3v) is 2.47. The molecule has 0 N–H and O–H groups in total. The van der Waals surface area contributed by atoms with E-state index in [1.165, 1.54) is 5.56 Å². The number of rotatable bonds is 2. The molecule has 2 aromatic rings. The summed E-state index contributed by atoms with van der Waals surface area (Å²) in [4.78, 5) is 4.35. The molecule has 2 nitrogen and oxygen atoms in total. The van der Waals surface area contributed by atoms with Gasteiger partial charge in [0.05, 0.1) is 12.1 Å². The van der Waals surface area contributed by atoms with Gasteiger partial charge in [-0.3, -0.25) is 0 Å². The third kappa shape index (κ3) is 1.94. The highest BCUT2D eigenvalue weighted by Gasteiger charge is 1.97. The molecule has 3 heteroatoms. The molecule has 14 heavy (non-hydrogen) atoms. The summed E-state index contributed by atoms with van der Waals surface area (Å²) in [5.41, 5.74) is 2.17. The van der Waals surface area contributed by atoms with Gasteiger partial charge in [0, 0.05) is 12.5 Å². The van der Waals surface area contributed by atoms with Crippen LogP contribution in [0.4, 0.5) is 0 Å². The maximum Gasteiger partial charge on any atom is 0.106 e. The molecule has 0 aliphatic rings. The van der Waals surface area contributed by atoms with Crippen LogP contribution in [-0.2, 0) is 11.3 Å². The van der Waals surface area contributed by atoms with E-state index in [4.69, 9.17) is 4.74 Å². The number of benzene rings is 1. The van der Waals surface area contributed by atoms with Crippen LogP contribution in [0.2, 0.25) is 0 Å². The minimum Gasteiger partial charge on any atom is -0.380 e. The molecule has 0 amide bonds. The summed E-state index contributed by atoms with van der Waals surface area (Å²) < 4.78 is 5.94. The van der Waals surface area contributed by atoms with Crippen LogP contribution < -0.4 is 0 Å². The maximum atomic E-state index is 5.07. The zero-order valence-corrected chi connectivity index (χ0v) is 9.41. The number of methoxy groups -OCH3 is 1. The fourth-order valence-corrected chi connectivity index (χ4v) is 1.73. The fraction of sp³-hybridized carbons (Fsp3) is 0.182. The van der Waals surface area contributed by atoms with E-state index in [9.17, 15) is 0 Å². The number of hydrogen-bond donors (Lipinski definition) is 0. The van der Waals surface area contributed by atoms with Gasteiger partial charge in [-0.05, 0) is 39.7 Å². The molecule has 0 fully saturated rings. The lowest BCUT2D eigenvalue weighted by Gasteiger charge is -2.02. The summed E-state index contributed by atoms with van der Waals surface area (Å²) in [7, 11) is 1.70. The van der Waals surface area contributed by atoms with Crippen molar-refractivity contribution >= 4 is 26.8 Å². The second-order valence-electron chi connectivity index (χ2n) is 3.09. The van der Waals surface area contributed by atoms with E-state index in [-0.39, 0.29) is 0 Å². The average Bonchev–Trinajstić information content (AvgIpc) is 2.19. The normalized spacial score (nSPS) is 10.7. The van der Waals surface area contributed by atoms with Crippen LogP contribution in [0.5, 0.6) is 0 Å². The molecule has 0 bridgehead atoms. The van der Waals surface area contributed by atoms with Gasteiger partial charge in [0.2, 0.25) is 0 Å². The smallest absolute Gasteiger partial charge is 0.106 e. The van der Waals surface area contributed by atoms with Crippen LogP contribution >= 0.6 is 15.9 Å². The topological polar surface area (TPSA) is 22.1 Å². The van der Waals surface area contributed by atoms with Gasteiger partial charge >= 0.3 is 0 Å². The number of ether oxygens (including phenoxy) is 1. The molecular formula is C11H10BrNO. The lowest BCUT2D eigenvalue weighted by molar-refractivity contribution is 0.185. The van der Waals surface area contributed by atoms with Crippen molar-refractivity contribution in [2.24, 2.45) is 0 Å². The van der Waals surface area contributed by atoms with Crippen molar-refractivity contribution in [2.75, 3.05) is 7.11 Å². The molecule has 0 unspecified atom stereocenters. The van der Waals surface area contributed by atoms with Crippen LogP contribution in [-0.4, -0.2) is 12.1 Å². The minimum absolute atomic E-state index is 0.645. The molecule has 2 rings (SSSR count). The molecule has 1 aromatic carbocycles. The number of pyridine rings is 1. The second-order valence-corrected chi connectivity index (χ2v) is 3.91. The molecule has 0 saturated heterocycles. The number of nitrogens with zero attached hydrogens (tertiary/aromatic N) is 1. The van der Waals surface area contributed by atoms with Crippen LogP contribution in [0.1, 0.15) is 5.56 Å². The van der Waals surface area contributed by atoms with Gasteiger partial charge in [0.15, 0.2) is 0 Å². The summed E-state index contributed by atoms with van der Waals surface area (Å²) in [5, 5.41) is 1.14. The second kappa shape index (κ2) is 4.07. The van der Waals surface area contributed by atoms with Crippen molar-refractivity contribution in [2.45, 2.75) is 6.61 Å². The van der Waals surface area contributed by atoms with Gasteiger partial charge in [-0.25, -0.2) is 4.98 Å². The largest absolute Gasteiger partial charge is 0.380 e. The Morgan fingerprint density at radius 3 is 2.93 bits per heavy atom. The Morgan fingerprint density at radius 1 is 1.29 bits per heavy atom. The van der Waals surface area contributed by atoms with E-state index in [1.807, 2.05) is 24.3 Å². The Labute approximate surface area is 91.0 Å². The summed E-state index contributed by atoms with van der Waals surface area (Å²) in [6.07, 6.45) is 0. The minimum atomic E-state index is 0.645. The molecular weight excluding hydrogens is 242 g/mol. The molecule has 1 aromatic heterocycles. The van der Waals surface area contributed by atoms with Crippen LogP contribution in [0.3, 0.4) is 0 Å². The quantitative estimate of drug-likeness (QED) is 0.766. The van der Waals surface area contributed by atoms with E-state index in [0.717, 1.165) is 15.5 Å². The average molecular weight is 252 g/mol. The number of fused-ring (bicyclic) bond motifs is 1. The predicted molar refractivity (Wildman–Crippen MR) is 60.2 cm³/mol. The molecule has 0 atom stereocenters. The van der Waals surface area contributed by atoms with Gasteiger partial charge in [-0.1, -0.05) is 12.1 Å². The Morgan fingerprint density at radius 2 is 2.14 bits per heavy atom. The van der Waals surface area contributed by atoms with Crippen molar-refractivity contribution < 1.29 is 4.74 Å². The fourth-order valence-electron chi connectivity index (χ4n) is 1.41. The summed E-state index contributed by atoms with van der Waals surface area (Å²) in [5.74, 6) is 0. The molecule has 0 spiro atoms. The SMILES string of the molecule is COCc1ccc2nc(Br)ccc2c1. The Balaban J connectivity index is 2.50. The van der Waals surface area contributed by atoms with Gasteiger partial charge in [-0.2, -0.15) is 0 Å². The Hall–Kier alpha value is -0.930. The predicted octanol–water partition coefficient (Wildman–Crippen LogP) is 3.14. The van der Waals surface area contributed by atoms with Gasteiger partial charge in [-0.15, -0.1) is 0 Å². The van der Waals surface area contributed by atoms with E-state index in [1.54, 1.807) is 7.11 Å². The van der Waals surface area contributed by atoms with Gasteiger partial charge in [0.1, 0.15) is 4.60 Å². The zero-order valence-electron chi connectivity index (χ0n) is 7.83. The van der Waals surface area contributed by atoms with Crippen molar-refractivity contribution in [1.82, 2.24) is 4.98 Å². The first-order chi connectivity index (χ1) is 6.79. The monoisotopic (exact) mass is 251 g/mol. The standard InChI is InChI=1S/C11H10BrNO/c1-14-7-8-2-4-10-9(6-8)3-5-11(12)13-10/h2-6H,7H2,1H3. The Bertz CT molecular complexity index is 456. The van der Waals surface area contributed by atoms with Gasteiger partial charge in [0.25, 0.3) is 0 Å².